The quantitative estimate of drug-likeness (QED) is 0.632. The summed E-state index contributed by atoms with van der Waals surface area (Å²) in [4.78, 5) is 25.7. The smallest absolute Gasteiger partial charge is 0.245 e. The van der Waals surface area contributed by atoms with Crippen molar-refractivity contribution in [1.29, 1.82) is 0 Å². The van der Waals surface area contributed by atoms with Crippen molar-refractivity contribution in [2.75, 3.05) is 18.4 Å². The fourth-order valence-corrected chi connectivity index (χ4v) is 2.37. The van der Waals surface area contributed by atoms with Crippen LogP contribution in [0.2, 0.25) is 0 Å². The van der Waals surface area contributed by atoms with Crippen LogP contribution in [0.4, 0.5) is 5.82 Å². The highest BCUT2D eigenvalue weighted by molar-refractivity contribution is 5.93. The molecule has 2 amide bonds. The number of carbonyl (C=O) groups excluding carboxylic acids is 2. The molecule has 1 heterocycles. The Morgan fingerprint density at radius 2 is 1.87 bits per heavy atom. The molecule has 0 spiro atoms. The minimum absolute atomic E-state index is 0.0366. The molecule has 0 bridgehead atoms. The molecule has 0 fully saturated rings. The molecular weight excluding hydrogens is 294 g/mol. The maximum absolute atomic E-state index is 12.2. The molecule has 130 valence electrons. The Balaban J connectivity index is 2.28. The molecular formula is C17H29N3O3. The van der Waals surface area contributed by atoms with E-state index in [9.17, 15) is 9.59 Å². The lowest BCUT2D eigenvalue weighted by atomic mass is 10.1. The van der Waals surface area contributed by atoms with Gasteiger partial charge in [0.2, 0.25) is 11.8 Å². The van der Waals surface area contributed by atoms with Gasteiger partial charge in [0.15, 0.2) is 5.82 Å². The Morgan fingerprint density at radius 3 is 2.48 bits per heavy atom. The van der Waals surface area contributed by atoms with Crippen LogP contribution in [0.1, 0.15) is 64.6 Å². The normalized spacial score (nSPS) is 10.6. The molecule has 0 aliphatic rings. The second-order valence-corrected chi connectivity index (χ2v) is 5.80. The summed E-state index contributed by atoms with van der Waals surface area (Å²) in [6.07, 6.45) is 7.38. The average Bonchev–Trinajstić information content (AvgIpc) is 2.93. The molecule has 0 atom stereocenters. The van der Waals surface area contributed by atoms with E-state index in [1.807, 2.05) is 6.92 Å². The van der Waals surface area contributed by atoms with Crippen LogP contribution in [0.25, 0.3) is 0 Å². The standard InChI is InChI=1S/C17H29N3O3/c1-4-6-7-8-9-10-11-17(22)20(5-2)13-16(21)18-15-12-14(3)23-19-15/h12H,4-11,13H2,1-3H3,(H,18,19,21). The van der Waals surface area contributed by atoms with Crippen LogP contribution in [0, 0.1) is 6.92 Å². The van der Waals surface area contributed by atoms with Gasteiger partial charge >= 0.3 is 0 Å². The van der Waals surface area contributed by atoms with E-state index >= 15 is 0 Å². The zero-order chi connectivity index (χ0) is 17.1. The van der Waals surface area contributed by atoms with E-state index in [4.69, 9.17) is 4.52 Å². The fraction of sp³-hybridized carbons (Fsp3) is 0.706. The zero-order valence-electron chi connectivity index (χ0n) is 14.6. The van der Waals surface area contributed by atoms with Gasteiger partial charge in [0.25, 0.3) is 0 Å². The molecule has 0 aliphatic heterocycles. The van der Waals surface area contributed by atoms with Gasteiger partial charge in [-0.25, -0.2) is 0 Å². The highest BCUT2D eigenvalue weighted by Crippen LogP contribution is 2.09. The molecule has 6 heteroatoms. The number of anilines is 1. The van der Waals surface area contributed by atoms with E-state index in [0.29, 0.717) is 24.5 Å². The number of hydrogen-bond donors (Lipinski definition) is 1. The van der Waals surface area contributed by atoms with Gasteiger partial charge < -0.3 is 14.7 Å². The molecule has 0 saturated carbocycles. The van der Waals surface area contributed by atoms with Crippen LogP contribution in [0.3, 0.4) is 0 Å². The third-order valence-corrected chi connectivity index (χ3v) is 3.71. The van der Waals surface area contributed by atoms with Crippen LogP contribution in [-0.4, -0.2) is 35.0 Å². The van der Waals surface area contributed by atoms with Crippen molar-refractivity contribution in [1.82, 2.24) is 10.1 Å². The van der Waals surface area contributed by atoms with Gasteiger partial charge in [0, 0.05) is 19.0 Å². The number of amides is 2. The SMILES string of the molecule is CCCCCCCCC(=O)N(CC)CC(=O)Nc1cc(C)on1. The topological polar surface area (TPSA) is 75.4 Å². The monoisotopic (exact) mass is 323 g/mol. The first-order valence-corrected chi connectivity index (χ1v) is 8.57. The van der Waals surface area contributed by atoms with Crippen molar-refractivity contribution >= 4 is 17.6 Å². The number of nitrogens with one attached hydrogen (secondary N) is 1. The summed E-state index contributed by atoms with van der Waals surface area (Å²) < 4.78 is 4.89. The first kappa shape index (κ1) is 19.2. The first-order valence-electron chi connectivity index (χ1n) is 8.57. The lowest BCUT2D eigenvalue weighted by molar-refractivity contribution is -0.134. The van der Waals surface area contributed by atoms with Crippen molar-refractivity contribution in [3.63, 3.8) is 0 Å². The minimum atomic E-state index is -0.253. The predicted molar refractivity (Wildman–Crippen MR) is 90.1 cm³/mol. The Bertz CT molecular complexity index is 485. The molecule has 6 nitrogen and oxygen atoms in total. The summed E-state index contributed by atoms with van der Waals surface area (Å²) in [6.45, 7) is 6.41. The molecule has 0 radical (unpaired) electrons. The largest absolute Gasteiger partial charge is 0.360 e. The highest BCUT2D eigenvalue weighted by atomic mass is 16.5. The van der Waals surface area contributed by atoms with Crippen LogP contribution in [0.5, 0.6) is 0 Å². The highest BCUT2D eigenvalue weighted by Gasteiger charge is 2.16. The van der Waals surface area contributed by atoms with Gasteiger partial charge in [-0.15, -0.1) is 0 Å². The number of aryl methyl sites for hydroxylation is 1. The summed E-state index contributed by atoms with van der Waals surface area (Å²) in [6, 6.07) is 1.65. The molecule has 1 N–H and O–H groups in total. The second-order valence-electron chi connectivity index (χ2n) is 5.80. The molecule has 0 aromatic carbocycles. The fourth-order valence-electron chi connectivity index (χ4n) is 2.37. The zero-order valence-corrected chi connectivity index (χ0v) is 14.6. The molecule has 1 rings (SSSR count). The Labute approximate surface area is 138 Å². The molecule has 1 aromatic rings. The van der Waals surface area contributed by atoms with Gasteiger partial charge in [-0.05, 0) is 20.3 Å². The number of rotatable bonds is 11. The lowest BCUT2D eigenvalue weighted by Gasteiger charge is -2.20. The van der Waals surface area contributed by atoms with Crippen LogP contribution >= 0.6 is 0 Å². The van der Waals surface area contributed by atoms with Gasteiger partial charge in [-0.1, -0.05) is 44.2 Å². The van der Waals surface area contributed by atoms with Gasteiger partial charge in [0.05, 0.1) is 6.54 Å². The van der Waals surface area contributed by atoms with Crippen LogP contribution in [0.15, 0.2) is 10.6 Å². The molecule has 1 aromatic heterocycles. The van der Waals surface area contributed by atoms with Crippen LogP contribution in [-0.2, 0) is 9.59 Å². The maximum Gasteiger partial charge on any atom is 0.245 e. The number of nitrogens with zero attached hydrogens (tertiary/aromatic N) is 2. The van der Waals surface area contributed by atoms with Crippen molar-refractivity contribution in [2.24, 2.45) is 0 Å². The maximum atomic E-state index is 12.2. The minimum Gasteiger partial charge on any atom is -0.360 e. The Kier molecular flexibility index (Phi) is 9.02. The average molecular weight is 323 g/mol. The first-order chi connectivity index (χ1) is 11.1. The van der Waals surface area contributed by atoms with E-state index in [0.717, 1.165) is 12.8 Å². The van der Waals surface area contributed by atoms with Crippen molar-refractivity contribution < 1.29 is 14.1 Å². The van der Waals surface area contributed by atoms with E-state index < -0.39 is 0 Å². The number of hydrogen-bond acceptors (Lipinski definition) is 4. The number of aromatic nitrogens is 1. The summed E-state index contributed by atoms with van der Waals surface area (Å²) in [5.41, 5.74) is 0. The van der Waals surface area contributed by atoms with E-state index in [-0.39, 0.29) is 18.4 Å². The number of carbonyl (C=O) groups is 2. The summed E-state index contributed by atoms with van der Waals surface area (Å²) in [5, 5.41) is 6.34. The Morgan fingerprint density at radius 1 is 1.17 bits per heavy atom. The van der Waals surface area contributed by atoms with E-state index in [1.54, 1.807) is 17.9 Å². The summed E-state index contributed by atoms with van der Waals surface area (Å²) in [5.74, 6) is 0.796. The predicted octanol–water partition coefficient (Wildman–Crippen LogP) is 3.52. The van der Waals surface area contributed by atoms with E-state index in [1.165, 1.54) is 25.7 Å². The van der Waals surface area contributed by atoms with Crippen molar-refractivity contribution in [3.8, 4) is 0 Å². The van der Waals surface area contributed by atoms with Crippen LogP contribution < -0.4 is 5.32 Å². The number of likely N-dealkylation sites (N-methyl/N-ethyl adjacent to an activating group) is 1. The van der Waals surface area contributed by atoms with Crippen molar-refractivity contribution in [3.05, 3.63) is 11.8 Å². The van der Waals surface area contributed by atoms with Gasteiger partial charge in [0.1, 0.15) is 5.76 Å². The molecule has 23 heavy (non-hydrogen) atoms. The van der Waals surface area contributed by atoms with Gasteiger partial charge in [-0.3, -0.25) is 9.59 Å². The van der Waals surface area contributed by atoms with Gasteiger partial charge in [-0.2, -0.15) is 0 Å². The second kappa shape index (κ2) is 10.8. The lowest BCUT2D eigenvalue weighted by Crippen LogP contribution is -2.37. The van der Waals surface area contributed by atoms with E-state index in [2.05, 4.69) is 17.4 Å². The summed E-state index contributed by atoms with van der Waals surface area (Å²) in [7, 11) is 0. The van der Waals surface area contributed by atoms with Crippen molar-refractivity contribution in [2.45, 2.75) is 65.7 Å². The Hall–Kier alpha value is -1.85. The third-order valence-electron chi connectivity index (χ3n) is 3.71. The number of unbranched alkanes of at least 4 members (excludes halogenated alkanes) is 5. The molecule has 0 aliphatic carbocycles. The molecule has 0 unspecified atom stereocenters. The third kappa shape index (κ3) is 7.81. The molecule has 0 saturated heterocycles. The summed E-state index contributed by atoms with van der Waals surface area (Å²) >= 11 is 0.